The maximum Gasteiger partial charge on any atom is 0.328 e. The number of carbonyl (C=O) groups excluding carboxylic acids is 2. The number of rotatable bonds is 6. The zero-order valence-electron chi connectivity index (χ0n) is 13.4. The van der Waals surface area contributed by atoms with Gasteiger partial charge in [-0.2, -0.15) is 0 Å². The van der Waals surface area contributed by atoms with Gasteiger partial charge in [0.1, 0.15) is 17.6 Å². The predicted molar refractivity (Wildman–Crippen MR) is 86.4 cm³/mol. The average molecular weight is 331 g/mol. The van der Waals surface area contributed by atoms with Crippen LogP contribution in [0.4, 0.5) is 4.39 Å². The second kappa shape index (κ2) is 8.10. The first-order chi connectivity index (χ1) is 11.5. The summed E-state index contributed by atoms with van der Waals surface area (Å²) in [7, 11) is 2.81. The lowest BCUT2D eigenvalue weighted by atomic mass is 10.1. The molecule has 0 spiro atoms. The van der Waals surface area contributed by atoms with Gasteiger partial charge in [0, 0.05) is 12.0 Å². The Morgan fingerprint density at radius 1 is 1.12 bits per heavy atom. The summed E-state index contributed by atoms with van der Waals surface area (Å²) in [6.07, 6.45) is 0.248. The highest BCUT2D eigenvalue weighted by molar-refractivity contribution is 5.96. The lowest BCUT2D eigenvalue weighted by Gasteiger charge is -2.17. The van der Waals surface area contributed by atoms with Gasteiger partial charge in [0.15, 0.2) is 0 Å². The minimum atomic E-state index is -0.876. The van der Waals surface area contributed by atoms with Gasteiger partial charge in [-0.15, -0.1) is 0 Å². The van der Waals surface area contributed by atoms with Gasteiger partial charge >= 0.3 is 5.97 Å². The maximum absolute atomic E-state index is 13.2. The molecule has 2 aromatic carbocycles. The third-order valence-corrected chi connectivity index (χ3v) is 3.48. The molecule has 0 heterocycles. The van der Waals surface area contributed by atoms with E-state index >= 15 is 0 Å². The molecular formula is C18H18FNO4. The summed E-state index contributed by atoms with van der Waals surface area (Å²) in [6, 6.07) is 11.5. The number of esters is 1. The zero-order chi connectivity index (χ0) is 17.5. The molecule has 0 saturated carbocycles. The van der Waals surface area contributed by atoms with Crippen molar-refractivity contribution in [2.45, 2.75) is 12.5 Å². The van der Waals surface area contributed by atoms with Crippen LogP contribution in [0, 0.1) is 5.82 Å². The Balaban J connectivity index is 2.12. The third-order valence-electron chi connectivity index (χ3n) is 3.48. The third kappa shape index (κ3) is 4.55. The van der Waals surface area contributed by atoms with E-state index in [1.54, 1.807) is 31.4 Å². The van der Waals surface area contributed by atoms with E-state index in [0.29, 0.717) is 5.75 Å². The smallest absolute Gasteiger partial charge is 0.328 e. The van der Waals surface area contributed by atoms with Crippen LogP contribution in [0.15, 0.2) is 48.5 Å². The molecule has 0 saturated heterocycles. The number of ether oxygens (including phenoxy) is 2. The van der Waals surface area contributed by atoms with Crippen LogP contribution in [0.5, 0.6) is 5.75 Å². The number of benzene rings is 2. The van der Waals surface area contributed by atoms with Gasteiger partial charge in [0.2, 0.25) is 0 Å². The van der Waals surface area contributed by atoms with Crippen LogP contribution in [-0.4, -0.2) is 32.1 Å². The van der Waals surface area contributed by atoms with Crippen LogP contribution in [0.2, 0.25) is 0 Å². The molecule has 5 nitrogen and oxygen atoms in total. The second-order valence-corrected chi connectivity index (χ2v) is 5.11. The predicted octanol–water partition coefficient (Wildman–Crippen LogP) is 2.35. The number of amides is 1. The van der Waals surface area contributed by atoms with Gasteiger partial charge in [0.05, 0.1) is 14.2 Å². The Kier molecular flexibility index (Phi) is 5.89. The number of hydrogen-bond acceptors (Lipinski definition) is 4. The van der Waals surface area contributed by atoms with Crippen LogP contribution in [0.3, 0.4) is 0 Å². The molecule has 0 bridgehead atoms. The highest BCUT2D eigenvalue weighted by Crippen LogP contribution is 2.13. The molecule has 1 amide bonds. The normalized spacial score (nSPS) is 11.5. The number of nitrogens with one attached hydrogen (secondary N) is 1. The van der Waals surface area contributed by atoms with E-state index in [1.807, 2.05) is 0 Å². The summed E-state index contributed by atoms with van der Waals surface area (Å²) in [5.74, 6) is -0.946. The van der Waals surface area contributed by atoms with E-state index in [9.17, 15) is 14.0 Å². The van der Waals surface area contributed by atoms with Crippen molar-refractivity contribution in [2.24, 2.45) is 0 Å². The topological polar surface area (TPSA) is 64.6 Å². The average Bonchev–Trinajstić information content (AvgIpc) is 2.61. The van der Waals surface area contributed by atoms with Crippen molar-refractivity contribution in [3.63, 3.8) is 0 Å². The van der Waals surface area contributed by atoms with Gasteiger partial charge in [-0.05, 0) is 35.9 Å². The zero-order valence-corrected chi connectivity index (χ0v) is 13.4. The van der Waals surface area contributed by atoms with E-state index in [1.165, 1.54) is 25.3 Å². The summed E-state index contributed by atoms with van der Waals surface area (Å²) >= 11 is 0. The van der Waals surface area contributed by atoms with Crippen LogP contribution in [-0.2, 0) is 16.0 Å². The molecule has 0 unspecified atom stereocenters. The molecule has 0 aliphatic heterocycles. The molecule has 0 radical (unpaired) electrons. The van der Waals surface area contributed by atoms with E-state index in [0.717, 1.165) is 11.6 Å². The standard InChI is InChI=1S/C18H18FNO4/c1-23-15-8-6-12(7-9-15)10-16(18(22)24-2)20-17(21)13-4-3-5-14(19)11-13/h3-9,11,16H,10H2,1-2H3,(H,20,21)/t16-/m1/s1. The first-order valence-electron chi connectivity index (χ1n) is 7.30. The highest BCUT2D eigenvalue weighted by atomic mass is 19.1. The fourth-order valence-corrected chi connectivity index (χ4v) is 2.20. The van der Waals surface area contributed by atoms with E-state index in [-0.39, 0.29) is 12.0 Å². The first-order valence-corrected chi connectivity index (χ1v) is 7.30. The number of hydrogen-bond donors (Lipinski definition) is 1. The molecule has 0 aliphatic rings. The van der Waals surface area contributed by atoms with E-state index in [2.05, 4.69) is 5.32 Å². The van der Waals surface area contributed by atoms with Crippen LogP contribution in [0.1, 0.15) is 15.9 Å². The minimum absolute atomic E-state index is 0.138. The highest BCUT2D eigenvalue weighted by Gasteiger charge is 2.22. The van der Waals surface area contributed by atoms with E-state index < -0.39 is 23.7 Å². The Morgan fingerprint density at radius 3 is 2.42 bits per heavy atom. The molecule has 2 rings (SSSR count). The molecule has 1 atom stereocenters. The van der Waals surface area contributed by atoms with Crippen LogP contribution >= 0.6 is 0 Å². The largest absolute Gasteiger partial charge is 0.497 e. The van der Waals surface area contributed by atoms with Crippen molar-refractivity contribution in [1.82, 2.24) is 5.32 Å². The fourth-order valence-electron chi connectivity index (χ4n) is 2.20. The van der Waals surface area contributed by atoms with Crippen molar-refractivity contribution >= 4 is 11.9 Å². The summed E-state index contributed by atoms with van der Waals surface area (Å²) in [4.78, 5) is 24.2. The lowest BCUT2D eigenvalue weighted by molar-refractivity contribution is -0.142. The quantitative estimate of drug-likeness (QED) is 0.825. The summed E-state index contributed by atoms with van der Waals surface area (Å²) in [6.45, 7) is 0. The van der Waals surface area contributed by atoms with Crippen molar-refractivity contribution in [3.8, 4) is 5.75 Å². The SMILES string of the molecule is COC(=O)[C@@H](Cc1ccc(OC)cc1)NC(=O)c1cccc(F)c1. The summed E-state index contributed by atoms with van der Waals surface area (Å²) in [5.41, 5.74) is 0.962. The van der Waals surface area contributed by atoms with E-state index in [4.69, 9.17) is 9.47 Å². The molecule has 126 valence electrons. The molecule has 1 N–H and O–H groups in total. The fraction of sp³-hybridized carbons (Fsp3) is 0.222. The maximum atomic E-state index is 13.2. The van der Waals surface area contributed by atoms with Crippen LogP contribution in [0.25, 0.3) is 0 Å². The molecule has 6 heteroatoms. The molecule has 2 aromatic rings. The van der Waals surface area contributed by atoms with Gasteiger partial charge in [-0.1, -0.05) is 18.2 Å². The monoisotopic (exact) mass is 331 g/mol. The Morgan fingerprint density at radius 2 is 1.83 bits per heavy atom. The van der Waals surface area contributed by atoms with Crippen molar-refractivity contribution in [1.29, 1.82) is 0 Å². The number of carbonyl (C=O) groups is 2. The van der Waals surface area contributed by atoms with Crippen molar-refractivity contribution < 1.29 is 23.5 Å². The van der Waals surface area contributed by atoms with Crippen LogP contribution < -0.4 is 10.1 Å². The molecular weight excluding hydrogens is 313 g/mol. The van der Waals surface area contributed by atoms with Gasteiger partial charge in [0.25, 0.3) is 5.91 Å². The lowest BCUT2D eigenvalue weighted by Crippen LogP contribution is -2.43. The molecule has 0 aliphatic carbocycles. The summed E-state index contributed by atoms with van der Waals surface area (Å²) < 4.78 is 23.0. The molecule has 0 fully saturated rings. The van der Waals surface area contributed by atoms with Crippen molar-refractivity contribution in [3.05, 3.63) is 65.5 Å². The Bertz CT molecular complexity index is 715. The Labute approximate surface area is 139 Å². The molecule has 24 heavy (non-hydrogen) atoms. The Hall–Kier alpha value is -2.89. The minimum Gasteiger partial charge on any atom is -0.497 e. The summed E-state index contributed by atoms with van der Waals surface area (Å²) in [5, 5.41) is 2.58. The second-order valence-electron chi connectivity index (χ2n) is 5.11. The van der Waals surface area contributed by atoms with Gasteiger partial charge < -0.3 is 14.8 Å². The first kappa shape index (κ1) is 17.5. The van der Waals surface area contributed by atoms with Gasteiger partial charge in [-0.3, -0.25) is 4.79 Å². The molecule has 0 aromatic heterocycles. The number of methoxy groups -OCH3 is 2. The van der Waals surface area contributed by atoms with Crippen molar-refractivity contribution in [2.75, 3.05) is 14.2 Å². The number of halogens is 1. The van der Waals surface area contributed by atoms with Gasteiger partial charge in [-0.25, -0.2) is 9.18 Å².